The fourth-order valence-electron chi connectivity index (χ4n) is 3.05. The smallest absolute Gasteiger partial charge is 0.0774 e. The molecule has 2 N–H and O–H groups in total. The lowest BCUT2D eigenvalue weighted by Gasteiger charge is -2.35. The van der Waals surface area contributed by atoms with Gasteiger partial charge in [0.05, 0.1) is 5.60 Å². The highest BCUT2D eigenvalue weighted by Gasteiger charge is 2.31. The first-order valence-corrected chi connectivity index (χ1v) is 7.96. The van der Waals surface area contributed by atoms with E-state index >= 15 is 0 Å². The van der Waals surface area contributed by atoms with Gasteiger partial charge in [-0.05, 0) is 42.9 Å². The second kappa shape index (κ2) is 6.38. The number of aliphatic hydroxyl groups is 1. The lowest BCUT2D eigenvalue weighted by molar-refractivity contribution is -0.0119. The first kappa shape index (κ1) is 15.0. The fraction of sp³-hybridized carbons (Fsp3) is 0.625. The third-order valence-electron chi connectivity index (χ3n) is 4.07. The van der Waals surface area contributed by atoms with Crippen LogP contribution in [0.5, 0.6) is 0 Å². The van der Waals surface area contributed by atoms with Crippen LogP contribution in [0.3, 0.4) is 0 Å². The molecule has 0 spiro atoms. The molecule has 106 valence electrons. The number of hydrogen-bond donors (Lipinski definition) is 2. The lowest BCUT2D eigenvalue weighted by Crippen LogP contribution is -2.43. The molecule has 0 amide bonds. The molecule has 1 aromatic carbocycles. The number of nitrogens with one attached hydrogen (secondary N) is 1. The maximum Gasteiger partial charge on any atom is 0.0774 e. The second-order valence-corrected chi connectivity index (χ2v) is 6.97. The van der Waals surface area contributed by atoms with Crippen LogP contribution in [-0.4, -0.2) is 17.3 Å². The topological polar surface area (TPSA) is 32.3 Å². The van der Waals surface area contributed by atoms with Crippen LogP contribution >= 0.6 is 15.9 Å². The van der Waals surface area contributed by atoms with E-state index in [2.05, 4.69) is 53.3 Å². The Bertz CT molecular complexity index is 435. The van der Waals surface area contributed by atoms with Crippen LogP contribution in [0.1, 0.15) is 43.7 Å². The van der Waals surface area contributed by atoms with E-state index in [0.29, 0.717) is 12.5 Å². The number of benzene rings is 1. The van der Waals surface area contributed by atoms with Gasteiger partial charge in [-0.2, -0.15) is 0 Å². The zero-order chi connectivity index (χ0) is 13.9. The quantitative estimate of drug-likeness (QED) is 0.882. The molecule has 0 aliphatic heterocycles. The summed E-state index contributed by atoms with van der Waals surface area (Å²) < 4.78 is 1.15. The normalized spacial score (nSPS) is 27.5. The molecule has 19 heavy (non-hydrogen) atoms. The molecule has 3 heteroatoms. The predicted octanol–water partition coefficient (Wildman–Crippen LogP) is 3.79. The van der Waals surface area contributed by atoms with Gasteiger partial charge in [-0.1, -0.05) is 47.8 Å². The van der Waals surface area contributed by atoms with Gasteiger partial charge in [0.1, 0.15) is 0 Å². The van der Waals surface area contributed by atoms with Crippen LogP contribution < -0.4 is 5.32 Å². The van der Waals surface area contributed by atoms with Crippen LogP contribution in [0.15, 0.2) is 22.7 Å². The van der Waals surface area contributed by atoms with Gasteiger partial charge in [0.25, 0.3) is 0 Å². The SMILES string of the molecule is Cc1cc(CNCC2(O)CCCC(C)C2)ccc1Br. The van der Waals surface area contributed by atoms with Crippen molar-refractivity contribution in [2.24, 2.45) is 5.92 Å². The molecule has 1 aromatic rings. The Labute approximate surface area is 124 Å². The molecule has 1 saturated carbocycles. The number of hydrogen-bond acceptors (Lipinski definition) is 2. The number of halogens is 1. The van der Waals surface area contributed by atoms with Crippen molar-refractivity contribution in [3.8, 4) is 0 Å². The van der Waals surface area contributed by atoms with Gasteiger partial charge in [0.15, 0.2) is 0 Å². The highest BCUT2D eigenvalue weighted by Crippen LogP contribution is 2.31. The Morgan fingerprint density at radius 2 is 2.26 bits per heavy atom. The summed E-state index contributed by atoms with van der Waals surface area (Å²) in [6, 6.07) is 6.39. The van der Waals surface area contributed by atoms with Crippen molar-refractivity contribution < 1.29 is 5.11 Å². The number of rotatable bonds is 4. The Kier molecular flexibility index (Phi) is 5.04. The molecule has 0 saturated heterocycles. The molecule has 0 radical (unpaired) electrons. The molecule has 1 aliphatic rings. The molecule has 2 rings (SSSR count). The first-order chi connectivity index (χ1) is 8.98. The lowest BCUT2D eigenvalue weighted by atomic mass is 9.79. The summed E-state index contributed by atoms with van der Waals surface area (Å²) in [5, 5.41) is 14.0. The van der Waals surface area contributed by atoms with E-state index in [1.807, 2.05) is 0 Å². The summed E-state index contributed by atoms with van der Waals surface area (Å²) in [6.45, 7) is 5.86. The summed E-state index contributed by atoms with van der Waals surface area (Å²) >= 11 is 3.51. The van der Waals surface area contributed by atoms with Crippen LogP contribution in [0.25, 0.3) is 0 Å². The van der Waals surface area contributed by atoms with E-state index in [-0.39, 0.29) is 0 Å². The van der Waals surface area contributed by atoms with Gasteiger partial charge in [0.2, 0.25) is 0 Å². The zero-order valence-electron chi connectivity index (χ0n) is 11.9. The van der Waals surface area contributed by atoms with Gasteiger partial charge in [-0.15, -0.1) is 0 Å². The third-order valence-corrected chi connectivity index (χ3v) is 4.96. The summed E-state index contributed by atoms with van der Waals surface area (Å²) in [4.78, 5) is 0. The first-order valence-electron chi connectivity index (χ1n) is 7.17. The predicted molar refractivity (Wildman–Crippen MR) is 83.2 cm³/mol. The molecule has 2 nitrogen and oxygen atoms in total. The Hall–Kier alpha value is -0.380. The van der Waals surface area contributed by atoms with E-state index in [1.54, 1.807) is 0 Å². The van der Waals surface area contributed by atoms with E-state index in [1.165, 1.54) is 17.5 Å². The Morgan fingerprint density at radius 1 is 1.47 bits per heavy atom. The summed E-state index contributed by atoms with van der Waals surface area (Å²) in [6.07, 6.45) is 4.27. The van der Waals surface area contributed by atoms with Gasteiger partial charge in [-0.25, -0.2) is 0 Å². The highest BCUT2D eigenvalue weighted by molar-refractivity contribution is 9.10. The maximum atomic E-state index is 10.5. The van der Waals surface area contributed by atoms with Gasteiger partial charge < -0.3 is 10.4 Å². The average molecular weight is 326 g/mol. The monoisotopic (exact) mass is 325 g/mol. The van der Waals surface area contributed by atoms with Gasteiger partial charge in [0, 0.05) is 17.6 Å². The minimum atomic E-state index is -0.498. The van der Waals surface area contributed by atoms with Gasteiger partial charge >= 0.3 is 0 Å². The molecule has 0 aromatic heterocycles. The molecular formula is C16H24BrNO. The van der Waals surface area contributed by atoms with Crippen LogP contribution in [0, 0.1) is 12.8 Å². The van der Waals surface area contributed by atoms with Crippen LogP contribution in [0.2, 0.25) is 0 Å². The van der Waals surface area contributed by atoms with Crippen LogP contribution in [0.4, 0.5) is 0 Å². The molecule has 2 atom stereocenters. The minimum Gasteiger partial charge on any atom is -0.389 e. The highest BCUT2D eigenvalue weighted by atomic mass is 79.9. The largest absolute Gasteiger partial charge is 0.389 e. The van der Waals surface area contributed by atoms with E-state index in [9.17, 15) is 5.11 Å². The Balaban J connectivity index is 1.84. The molecule has 0 heterocycles. The van der Waals surface area contributed by atoms with Crippen molar-refractivity contribution in [1.29, 1.82) is 0 Å². The van der Waals surface area contributed by atoms with Crippen molar-refractivity contribution in [3.05, 3.63) is 33.8 Å². The van der Waals surface area contributed by atoms with Crippen molar-refractivity contribution >= 4 is 15.9 Å². The standard InChI is InChI=1S/C16H24BrNO/c1-12-4-3-7-16(19,9-12)11-18-10-14-5-6-15(17)13(2)8-14/h5-6,8,12,18-19H,3-4,7,9-11H2,1-2H3. The van der Waals surface area contributed by atoms with E-state index in [4.69, 9.17) is 0 Å². The maximum absolute atomic E-state index is 10.5. The van der Waals surface area contributed by atoms with Crippen molar-refractivity contribution in [2.45, 2.75) is 51.7 Å². The molecule has 2 unspecified atom stereocenters. The second-order valence-electron chi connectivity index (χ2n) is 6.11. The number of aryl methyl sites for hydroxylation is 1. The molecule has 1 aliphatic carbocycles. The minimum absolute atomic E-state index is 0.498. The summed E-state index contributed by atoms with van der Waals surface area (Å²) in [5.41, 5.74) is 2.03. The fourth-order valence-corrected chi connectivity index (χ4v) is 3.30. The third kappa shape index (κ3) is 4.30. The molecular weight excluding hydrogens is 302 g/mol. The zero-order valence-corrected chi connectivity index (χ0v) is 13.5. The van der Waals surface area contributed by atoms with Crippen molar-refractivity contribution in [3.63, 3.8) is 0 Å². The van der Waals surface area contributed by atoms with E-state index < -0.39 is 5.60 Å². The summed E-state index contributed by atoms with van der Waals surface area (Å²) in [5.74, 6) is 0.649. The summed E-state index contributed by atoms with van der Waals surface area (Å²) in [7, 11) is 0. The van der Waals surface area contributed by atoms with Crippen molar-refractivity contribution in [1.82, 2.24) is 5.32 Å². The van der Waals surface area contributed by atoms with Crippen molar-refractivity contribution in [2.75, 3.05) is 6.54 Å². The average Bonchev–Trinajstić information content (AvgIpc) is 2.33. The molecule has 0 bridgehead atoms. The van der Waals surface area contributed by atoms with Gasteiger partial charge in [-0.3, -0.25) is 0 Å². The molecule has 1 fully saturated rings. The Morgan fingerprint density at radius 3 is 2.95 bits per heavy atom. The van der Waals surface area contributed by atoms with E-state index in [0.717, 1.165) is 30.3 Å². The van der Waals surface area contributed by atoms with Crippen LogP contribution in [-0.2, 0) is 6.54 Å².